The predicted molar refractivity (Wildman–Crippen MR) is 98.0 cm³/mol. The Morgan fingerprint density at radius 2 is 2.07 bits per heavy atom. The molecule has 8 heteroatoms. The van der Waals surface area contributed by atoms with Crippen LogP contribution in [0, 0.1) is 11.3 Å². The number of nitrogens with zero attached hydrogens (tertiary/aromatic N) is 6. The summed E-state index contributed by atoms with van der Waals surface area (Å²) in [4.78, 5) is 15.9. The van der Waals surface area contributed by atoms with Crippen molar-refractivity contribution in [1.82, 2.24) is 19.9 Å². The Morgan fingerprint density at radius 3 is 2.70 bits per heavy atom. The molecule has 2 fully saturated rings. The summed E-state index contributed by atoms with van der Waals surface area (Å²) in [5.41, 5.74) is 2.37. The molecule has 0 unspecified atom stereocenters. The fraction of sp³-hybridized carbons (Fsp3) is 0.474. The number of hydrogen-bond donors (Lipinski definition) is 0. The number of amides is 1. The van der Waals surface area contributed by atoms with Gasteiger partial charge in [-0.3, -0.25) is 4.90 Å². The molecule has 27 heavy (non-hydrogen) atoms. The summed E-state index contributed by atoms with van der Waals surface area (Å²) < 4.78 is 7.20. The molecular formula is C19H22N6O2. The highest BCUT2D eigenvalue weighted by atomic mass is 16.6. The lowest BCUT2D eigenvalue weighted by Gasteiger charge is -2.14. The third-order valence-electron chi connectivity index (χ3n) is 5.02. The van der Waals surface area contributed by atoms with Crippen LogP contribution >= 0.6 is 0 Å². The highest BCUT2D eigenvalue weighted by Gasteiger charge is 2.45. The van der Waals surface area contributed by atoms with Gasteiger partial charge in [0.05, 0.1) is 30.3 Å². The van der Waals surface area contributed by atoms with Crippen molar-refractivity contribution in [1.29, 1.82) is 5.26 Å². The van der Waals surface area contributed by atoms with Gasteiger partial charge in [-0.2, -0.15) is 5.26 Å². The van der Waals surface area contributed by atoms with E-state index in [1.54, 1.807) is 9.58 Å². The van der Waals surface area contributed by atoms with Crippen LogP contribution in [0.1, 0.15) is 24.1 Å². The molecule has 1 amide bonds. The maximum atomic E-state index is 12.3. The Balaban J connectivity index is 1.40. The Labute approximate surface area is 157 Å². The Kier molecular flexibility index (Phi) is 4.32. The minimum absolute atomic E-state index is 0.278. The fourth-order valence-electron chi connectivity index (χ4n) is 3.41. The molecule has 1 saturated carbocycles. The summed E-state index contributed by atoms with van der Waals surface area (Å²) >= 11 is 0. The normalized spacial score (nSPS) is 20.6. The van der Waals surface area contributed by atoms with E-state index >= 15 is 0 Å². The van der Waals surface area contributed by atoms with Gasteiger partial charge in [-0.05, 0) is 44.6 Å². The molecular weight excluding hydrogens is 344 g/mol. The van der Waals surface area contributed by atoms with Crippen molar-refractivity contribution in [3.8, 4) is 6.07 Å². The SMILES string of the molecule is CN(C)Cc1cn(C[C@H]2CN(c3ccc(C4(C#N)CC4)cc3)C(=O)O2)nn1. The number of hydrogen-bond acceptors (Lipinski definition) is 6. The first kappa shape index (κ1) is 17.5. The lowest BCUT2D eigenvalue weighted by atomic mass is 9.97. The van der Waals surface area contributed by atoms with E-state index in [4.69, 9.17) is 4.74 Å². The highest BCUT2D eigenvalue weighted by molar-refractivity contribution is 5.89. The minimum atomic E-state index is -0.359. The van der Waals surface area contributed by atoms with Crippen LogP contribution in [-0.4, -0.2) is 52.7 Å². The molecule has 2 aliphatic rings. The zero-order valence-corrected chi connectivity index (χ0v) is 15.5. The average Bonchev–Trinajstić information content (AvgIpc) is 3.20. The lowest BCUT2D eigenvalue weighted by molar-refractivity contribution is 0.129. The molecule has 2 heterocycles. The molecule has 2 aromatic rings. The van der Waals surface area contributed by atoms with Gasteiger partial charge in [0, 0.05) is 18.4 Å². The maximum Gasteiger partial charge on any atom is 0.414 e. The molecule has 1 atom stereocenters. The lowest BCUT2D eigenvalue weighted by Crippen LogP contribution is -2.26. The van der Waals surface area contributed by atoms with Crippen molar-refractivity contribution < 1.29 is 9.53 Å². The summed E-state index contributed by atoms with van der Waals surface area (Å²) in [5, 5.41) is 17.5. The van der Waals surface area contributed by atoms with Gasteiger partial charge >= 0.3 is 6.09 Å². The van der Waals surface area contributed by atoms with Gasteiger partial charge in [-0.25, -0.2) is 9.48 Å². The number of anilines is 1. The first-order valence-corrected chi connectivity index (χ1v) is 9.03. The van der Waals surface area contributed by atoms with E-state index in [1.165, 1.54) is 0 Å². The first-order valence-electron chi connectivity index (χ1n) is 9.03. The van der Waals surface area contributed by atoms with Gasteiger partial charge in [-0.1, -0.05) is 17.3 Å². The third-order valence-corrected chi connectivity index (χ3v) is 5.02. The second-order valence-electron chi connectivity index (χ2n) is 7.53. The zero-order valence-electron chi connectivity index (χ0n) is 15.5. The number of nitriles is 1. The van der Waals surface area contributed by atoms with Gasteiger partial charge in [-0.15, -0.1) is 5.10 Å². The number of carbonyl (C=O) groups excluding carboxylic acids is 1. The van der Waals surface area contributed by atoms with Gasteiger partial charge in [0.2, 0.25) is 0 Å². The predicted octanol–water partition coefficient (Wildman–Crippen LogP) is 1.92. The number of carbonyl (C=O) groups is 1. The number of cyclic esters (lactones) is 1. The highest BCUT2D eigenvalue weighted by Crippen LogP contribution is 2.47. The van der Waals surface area contributed by atoms with E-state index in [1.807, 2.05) is 49.5 Å². The summed E-state index contributed by atoms with van der Waals surface area (Å²) in [6.45, 7) is 1.65. The van der Waals surface area contributed by atoms with Gasteiger partial charge in [0.15, 0.2) is 0 Å². The van der Waals surface area contributed by atoms with Crippen LogP contribution < -0.4 is 4.90 Å². The van der Waals surface area contributed by atoms with Crippen molar-refractivity contribution in [3.63, 3.8) is 0 Å². The van der Waals surface area contributed by atoms with Crippen LogP contribution in [0.5, 0.6) is 0 Å². The van der Waals surface area contributed by atoms with Gasteiger partial charge in [0.1, 0.15) is 6.10 Å². The summed E-state index contributed by atoms with van der Waals surface area (Å²) in [5.74, 6) is 0. The van der Waals surface area contributed by atoms with Crippen LogP contribution in [-0.2, 0) is 23.2 Å². The summed E-state index contributed by atoms with van der Waals surface area (Å²) in [6.07, 6.45) is 3.06. The van der Waals surface area contributed by atoms with Crippen molar-refractivity contribution in [2.24, 2.45) is 0 Å². The maximum absolute atomic E-state index is 12.3. The molecule has 1 saturated heterocycles. The van der Waals surface area contributed by atoms with Crippen LogP contribution in [0.15, 0.2) is 30.5 Å². The summed E-state index contributed by atoms with van der Waals surface area (Å²) in [7, 11) is 3.95. The second kappa shape index (κ2) is 6.67. The van der Waals surface area contributed by atoms with Gasteiger partial charge in [0.25, 0.3) is 0 Å². The van der Waals surface area contributed by atoms with E-state index in [-0.39, 0.29) is 17.6 Å². The van der Waals surface area contributed by atoms with Crippen LogP contribution in [0.25, 0.3) is 0 Å². The minimum Gasteiger partial charge on any atom is -0.442 e. The quantitative estimate of drug-likeness (QED) is 0.776. The monoisotopic (exact) mass is 366 g/mol. The number of ether oxygens (including phenoxy) is 1. The Bertz CT molecular complexity index is 878. The van der Waals surface area contributed by atoms with E-state index < -0.39 is 0 Å². The van der Waals surface area contributed by atoms with Crippen molar-refractivity contribution in [2.75, 3.05) is 25.5 Å². The molecule has 0 radical (unpaired) electrons. The van der Waals surface area contributed by atoms with Crippen molar-refractivity contribution in [2.45, 2.75) is 37.5 Å². The van der Waals surface area contributed by atoms with Crippen LogP contribution in [0.3, 0.4) is 0 Å². The van der Waals surface area contributed by atoms with Crippen molar-refractivity contribution in [3.05, 3.63) is 41.7 Å². The van der Waals surface area contributed by atoms with Crippen LogP contribution in [0.4, 0.5) is 10.5 Å². The number of benzene rings is 1. The third kappa shape index (κ3) is 3.51. The molecule has 1 aromatic carbocycles. The largest absolute Gasteiger partial charge is 0.442 e. The summed E-state index contributed by atoms with van der Waals surface area (Å²) in [6, 6.07) is 10.1. The number of rotatable bonds is 6. The van der Waals surface area contributed by atoms with E-state index in [9.17, 15) is 10.1 Å². The molecule has 0 bridgehead atoms. The number of aromatic nitrogens is 3. The zero-order chi connectivity index (χ0) is 19.0. The van der Waals surface area contributed by atoms with Gasteiger partial charge < -0.3 is 9.64 Å². The van der Waals surface area contributed by atoms with E-state index in [0.29, 0.717) is 19.6 Å². The molecule has 8 nitrogen and oxygen atoms in total. The van der Waals surface area contributed by atoms with E-state index in [0.717, 1.165) is 29.8 Å². The Morgan fingerprint density at radius 1 is 1.33 bits per heavy atom. The second-order valence-corrected chi connectivity index (χ2v) is 7.53. The molecule has 1 aromatic heterocycles. The molecule has 140 valence electrons. The Hall–Kier alpha value is -2.92. The molecule has 0 N–H and O–H groups in total. The topological polar surface area (TPSA) is 87.3 Å². The van der Waals surface area contributed by atoms with E-state index in [2.05, 4.69) is 16.4 Å². The van der Waals surface area contributed by atoms with Crippen molar-refractivity contribution >= 4 is 11.8 Å². The molecule has 0 spiro atoms. The standard InChI is InChI=1S/C19H22N6O2/c1-23(2)9-15-10-24(22-21-15)11-17-12-25(18(26)27-17)16-5-3-14(4-6-16)19(13-20)7-8-19/h3-6,10,17H,7-9,11-12H2,1-2H3/t17-/m0/s1. The first-order chi connectivity index (χ1) is 13.0. The molecule has 4 rings (SSSR count). The van der Waals surface area contributed by atoms with Crippen LogP contribution in [0.2, 0.25) is 0 Å². The fourth-order valence-corrected chi connectivity index (χ4v) is 3.41. The molecule has 1 aliphatic carbocycles. The smallest absolute Gasteiger partial charge is 0.414 e. The average molecular weight is 366 g/mol. The molecule has 1 aliphatic heterocycles.